The number of cyclic esters (lactones) is 1. The van der Waals surface area contributed by atoms with E-state index in [0.717, 1.165) is 21.4 Å². The number of aromatic nitrogens is 1. The topological polar surface area (TPSA) is 219 Å². The maximum absolute atomic E-state index is 13.7. The molecule has 3 aliphatic heterocycles. The van der Waals surface area contributed by atoms with Crippen LogP contribution in [0.1, 0.15) is 31.7 Å². The molecule has 5 rings (SSSR count). The lowest BCUT2D eigenvalue weighted by atomic mass is 9.90. The molecule has 4 heterocycles. The Morgan fingerprint density at radius 1 is 1.04 bits per heavy atom. The van der Waals surface area contributed by atoms with Gasteiger partial charge in [0.25, 0.3) is 5.91 Å². The van der Waals surface area contributed by atoms with E-state index in [0.29, 0.717) is 32.3 Å². The van der Waals surface area contributed by atoms with Gasteiger partial charge in [-0.1, -0.05) is 18.2 Å². The van der Waals surface area contributed by atoms with Crippen molar-refractivity contribution in [3.63, 3.8) is 0 Å². The number of benzene rings is 1. The lowest BCUT2D eigenvalue weighted by Crippen LogP contribution is -2.60. The Kier molecular flexibility index (Phi) is 11.8. The highest BCUT2D eigenvalue weighted by atomic mass is 16.5. The number of amides is 7. The molecule has 268 valence electrons. The van der Waals surface area contributed by atoms with E-state index in [2.05, 4.69) is 26.3 Å². The van der Waals surface area contributed by atoms with Crippen LogP contribution in [0.25, 0.3) is 10.9 Å². The maximum Gasteiger partial charge on any atom is 0.328 e. The van der Waals surface area contributed by atoms with Crippen LogP contribution < -0.4 is 21.3 Å². The summed E-state index contributed by atoms with van der Waals surface area (Å²) in [6, 6.07) is 3.30. The van der Waals surface area contributed by atoms with Crippen molar-refractivity contribution in [3.8, 4) is 0 Å². The molecule has 7 amide bonds. The number of H-pyrrole nitrogens is 1. The van der Waals surface area contributed by atoms with Gasteiger partial charge in [0.15, 0.2) is 0 Å². The molecule has 1 unspecified atom stereocenters. The largest absolute Gasteiger partial charge is 0.464 e. The number of ketones is 1. The summed E-state index contributed by atoms with van der Waals surface area (Å²) >= 11 is 0. The molecular weight excluding hydrogens is 652 g/mol. The van der Waals surface area contributed by atoms with Crippen LogP contribution in [0.3, 0.4) is 0 Å². The Morgan fingerprint density at radius 3 is 2.48 bits per heavy atom. The third kappa shape index (κ3) is 8.10. The van der Waals surface area contributed by atoms with E-state index in [-0.39, 0.29) is 57.8 Å². The number of nitrogens with one attached hydrogen (secondary N) is 5. The number of hydrogen-bond acceptors (Lipinski definition) is 10. The van der Waals surface area contributed by atoms with E-state index < -0.39 is 59.8 Å². The molecule has 0 spiro atoms. The van der Waals surface area contributed by atoms with Crippen molar-refractivity contribution >= 4 is 59.2 Å². The zero-order valence-corrected chi connectivity index (χ0v) is 27.7. The summed E-state index contributed by atoms with van der Waals surface area (Å²) in [4.78, 5) is 108. The number of carbonyl (C=O) groups excluding carboxylic acids is 8. The molecule has 17 heteroatoms. The molecule has 0 radical (unpaired) electrons. The lowest BCUT2D eigenvalue weighted by Gasteiger charge is -2.39. The van der Waals surface area contributed by atoms with Gasteiger partial charge in [-0.3, -0.25) is 33.7 Å². The molecule has 5 N–H and O–H groups in total. The Balaban J connectivity index is 1.21. The molecule has 0 aliphatic carbocycles. The molecule has 0 bridgehead atoms. The standard InChI is InChI=1S/C33H42N8O9/c1-20(28(44)15-21(29(45)37-26-7-13-50-32(26)48)14-22-16-36-24-5-3-2-4-23(22)24)39-9-11-40(12-10-39)31(47)27(17-35-19-43)41-30(46)25(38-33(41)49)6-8-34-18-42/h2-5,16,18-21,25-27,36H,6-15,17H2,1H3,(H,34,42)(H,35,43)(H,37,45)(H,38,49)/t20-,21-,25-,26?,27-/m0/s1. The van der Waals surface area contributed by atoms with Crippen LogP contribution in [0.15, 0.2) is 30.5 Å². The van der Waals surface area contributed by atoms with Gasteiger partial charge < -0.3 is 35.9 Å². The Labute approximate surface area is 287 Å². The molecule has 50 heavy (non-hydrogen) atoms. The first-order valence-electron chi connectivity index (χ1n) is 16.7. The predicted octanol–water partition coefficient (Wildman–Crippen LogP) is -1.58. The molecule has 3 fully saturated rings. The number of imide groups is 1. The van der Waals surface area contributed by atoms with Crippen LogP contribution in [0.2, 0.25) is 0 Å². The maximum atomic E-state index is 13.7. The van der Waals surface area contributed by atoms with Crippen LogP contribution in [-0.4, -0.2) is 138 Å². The summed E-state index contributed by atoms with van der Waals surface area (Å²) in [5, 5.41) is 11.1. The molecule has 3 aliphatic rings. The average molecular weight is 695 g/mol. The van der Waals surface area contributed by atoms with E-state index >= 15 is 0 Å². The van der Waals surface area contributed by atoms with Crippen LogP contribution >= 0.6 is 0 Å². The second kappa shape index (κ2) is 16.4. The SMILES string of the molecule is C[C@@H](C(=O)C[C@H](Cc1c[nH]c2ccccc12)C(=O)NC1CCOC1=O)N1CCN(C(=O)[C@H](CNC=O)N2C(=O)N[C@@H](CCNC=O)C2=O)CC1. The van der Waals surface area contributed by atoms with E-state index in [9.17, 15) is 38.4 Å². The van der Waals surface area contributed by atoms with E-state index in [4.69, 9.17) is 4.74 Å². The van der Waals surface area contributed by atoms with Crippen molar-refractivity contribution in [1.82, 2.24) is 41.0 Å². The lowest BCUT2D eigenvalue weighted by molar-refractivity contribution is -0.144. The first kappa shape index (κ1) is 36.0. The Morgan fingerprint density at radius 2 is 1.78 bits per heavy atom. The number of Topliss-reactive ketones (excluding diaryl/α,β-unsaturated/α-hetero) is 1. The van der Waals surface area contributed by atoms with Crippen LogP contribution in [0, 0.1) is 5.92 Å². The number of carbonyl (C=O) groups is 8. The van der Waals surface area contributed by atoms with Gasteiger partial charge in [0.05, 0.1) is 12.6 Å². The Hall–Kier alpha value is -5.32. The third-order valence-corrected chi connectivity index (χ3v) is 9.56. The number of urea groups is 1. The zero-order valence-electron chi connectivity index (χ0n) is 27.7. The van der Waals surface area contributed by atoms with Crippen molar-refractivity contribution < 1.29 is 43.1 Å². The van der Waals surface area contributed by atoms with Crippen molar-refractivity contribution in [2.75, 3.05) is 45.9 Å². The molecule has 1 aromatic heterocycles. The van der Waals surface area contributed by atoms with Crippen LogP contribution in [-0.2, 0) is 44.7 Å². The number of aromatic amines is 1. The summed E-state index contributed by atoms with van der Waals surface area (Å²) in [5.41, 5.74) is 1.77. The van der Waals surface area contributed by atoms with Gasteiger partial charge in [-0.25, -0.2) is 14.5 Å². The van der Waals surface area contributed by atoms with E-state index in [1.807, 2.05) is 35.4 Å². The fourth-order valence-corrected chi connectivity index (χ4v) is 6.67. The van der Waals surface area contributed by atoms with Gasteiger partial charge in [-0.2, -0.15) is 0 Å². The third-order valence-electron chi connectivity index (χ3n) is 9.56. The molecule has 0 saturated carbocycles. The molecule has 2 aromatic rings. The number of nitrogens with zero attached hydrogens (tertiary/aromatic N) is 3. The van der Waals surface area contributed by atoms with Gasteiger partial charge in [0.2, 0.25) is 24.6 Å². The molecule has 3 saturated heterocycles. The fourth-order valence-electron chi connectivity index (χ4n) is 6.67. The van der Waals surface area contributed by atoms with Crippen molar-refractivity contribution in [2.45, 2.75) is 56.8 Å². The van der Waals surface area contributed by atoms with Gasteiger partial charge >= 0.3 is 12.0 Å². The average Bonchev–Trinajstić information content (AvgIpc) is 3.80. The first-order valence-corrected chi connectivity index (χ1v) is 16.7. The smallest absolute Gasteiger partial charge is 0.328 e. The summed E-state index contributed by atoms with van der Waals surface area (Å²) < 4.78 is 5.00. The second-order valence-electron chi connectivity index (χ2n) is 12.6. The highest BCUT2D eigenvalue weighted by Crippen LogP contribution is 2.24. The van der Waals surface area contributed by atoms with Gasteiger partial charge in [-0.05, 0) is 31.4 Å². The number of hydrogen-bond donors (Lipinski definition) is 5. The van der Waals surface area contributed by atoms with Gasteiger partial charge in [0, 0.05) is 75.1 Å². The summed E-state index contributed by atoms with van der Waals surface area (Å²) in [6.45, 7) is 2.81. The van der Waals surface area contributed by atoms with Crippen molar-refractivity contribution in [2.24, 2.45) is 5.92 Å². The molecular formula is C33H42N8O9. The van der Waals surface area contributed by atoms with Crippen molar-refractivity contribution in [3.05, 3.63) is 36.0 Å². The zero-order chi connectivity index (χ0) is 35.8. The predicted molar refractivity (Wildman–Crippen MR) is 176 cm³/mol. The number of piperazine rings is 1. The normalized spacial score (nSPS) is 21.3. The minimum Gasteiger partial charge on any atom is -0.464 e. The first-order chi connectivity index (χ1) is 24.1. The minimum absolute atomic E-state index is 0.0808. The quantitative estimate of drug-likeness (QED) is 0.0554. The summed E-state index contributed by atoms with van der Waals surface area (Å²) in [7, 11) is 0. The Bertz CT molecular complexity index is 1620. The minimum atomic E-state index is -1.29. The molecule has 1 aromatic carbocycles. The molecule has 17 nitrogen and oxygen atoms in total. The number of rotatable bonds is 17. The second-order valence-corrected chi connectivity index (χ2v) is 12.6. The van der Waals surface area contributed by atoms with Crippen LogP contribution in [0.5, 0.6) is 0 Å². The highest BCUT2D eigenvalue weighted by Gasteiger charge is 2.46. The number of esters is 1. The van der Waals surface area contributed by atoms with Gasteiger partial charge in [0.1, 0.15) is 23.9 Å². The number of para-hydroxylation sites is 1. The molecule has 5 atom stereocenters. The van der Waals surface area contributed by atoms with Gasteiger partial charge in [-0.15, -0.1) is 0 Å². The number of fused-ring (bicyclic) bond motifs is 1. The monoisotopic (exact) mass is 694 g/mol. The summed E-state index contributed by atoms with van der Waals surface area (Å²) in [5.74, 6) is -3.01. The summed E-state index contributed by atoms with van der Waals surface area (Å²) in [6.07, 6.45) is 3.35. The van der Waals surface area contributed by atoms with Crippen LogP contribution in [0.4, 0.5) is 4.79 Å². The fraction of sp³-hybridized carbons (Fsp3) is 0.515. The number of ether oxygens (including phenoxy) is 1. The van der Waals surface area contributed by atoms with Crippen molar-refractivity contribution in [1.29, 1.82) is 0 Å². The van der Waals surface area contributed by atoms with E-state index in [1.54, 1.807) is 6.92 Å². The van der Waals surface area contributed by atoms with E-state index in [1.165, 1.54) is 4.90 Å². The highest BCUT2D eigenvalue weighted by molar-refractivity contribution is 6.07.